The molecule has 1 N–H and O–H groups in total. The molecule has 3 rings (SSSR count). The molecular weight excluding hydrogens is 254 g/mol. The number of rotatable bonds is 1. The van der Waals surface area contributed by atoms with Gasteiger partial charge in [0.1, 0.15) is 6.04 Å². The van der Waals surface area contributed by atoms with Gasteiger partial charge in [-0.3, -0.25) is 9.59 Å². The summed E-state index contributed by atoms with van der Waals surface area (Å²) in [6, 6.07) is 6.86. The Morgan fingerprint density at radius 3 is 2.95 bits per heavy atom. The van der Waals surface area contributed by atoms with Crippen LogP contribution in [0.15, 0.2) is 18.2 Å². The molecule has 1 saturated heterocycles. The first-order chi connectivity index (χ1) is 9.72. The van der Waals surface area contributed by atoms with Crippen molar-refractivity contribution in [3.8, 4) is 6.07 Å². The third kappa shape index (κ3) is 1.94. The molecule has 2 heterocycles. The van der Waals surface area contributed by atoms with E-state index in [2.05, 4.69) is 11.4 Å². The van der Waals surface area contributed by atoms with E-state index in [4.69, 9.17) is 5.26 Å². The van der Waals surface area contributed by atoms with Crippen molar-refractivity contribution in [3.63, 3.8) is 0 Å². The van der Waals surface area contributed by atoms with E-state index in [1.54, 1.807) is 23.1 Å². The van der Waals surface area contributed by atoms with E-state index in [9.17, 15) is 9.59 Å². The van der Waals surface area contributed by atoms with Gasteiger partial charge in [-0.2, -0.15) is 5.26 Å². The average Bonchev–Trinajstić information content (AvgIpc) is 2.65. The number of hydrogen-bond acceptors (Lipinski definition) is 3. The summed E-state index contributed by atoms with van der Waals surface area (Å²) in [7, 11) is 0. The lowest BCUT2D eigenvalue weighted by atomic mass is 10.0. The maximum Gasteiger partial charge on any atom is 0.255 e. The second kappa shape index (κ2) is 4.97. The molecule has 0 unspecified atom stereocenters. The minimum atomic E-state index is -0.413. The van der Waals surface area contributed by atoms with Crippen molar-refractivity contribution in [1.82, 2.24) is 10.2 Å². The van der Waals surface area contributed by atoms with Crippen LogP contribution in [0.4, 0.5) is 0 Å². The van der Waals surface area contributed by atoms with Gasteiger partial charge in [0.25, 0.3) is 5.91 Å². The van der Waals surface area contributed by atoms with Crippen LogP contribution in [0, 0.1) is 11.3 Å². The number of nitriles is 1. The van der Waals surface area contributed by atoms with E-state index < -0.39 is 6.04 Å². The molecular formula is C15H15N3O2. The van der Waals surface area contributed by atoms with Crippen LogP contribution < -0.4 is 5.32 Å². The molecule has 1 aromatic rings. The zero-order valence-corrected chi connectivity index (χ0v) is 11.1. The third-order valence-corrected chi connectivity index (χ3v) is 4.00. The van der Waals surface area contributed by atoms with Gasteiger partial charge < -0.3 is 10.2 Å². The molecule has 0 saturated carbocycles. The van der Waals surface area contributed by atoms with Crippen molar-refractivity contribution in [1.29, 1.82) is 5.26 Å². The number of carbonyl (C=O) groups is 2. The fraction of sp³-hybridized carbons (Fsp3) is 0.400. The van der Waals surface area contributed by atoms with E-state index in [-0.39, 0.29) is 11.8 Å². The predicted octanol–water partition coefficient (Wildman–Crippen LogP) is 1.18. The Kier molecular flexibility index (Phi) is 3.15. The van der Waals surface area contributed by atoms with Crippen LogP contribution in [-0.4, -0.2) is 29.3 Å². The molecule has 0 radical (unpaired) electrons. The molecule has 0 aromatic heterocycles. The highest BCUT2D eigenvalue weighted by molar-refractivity contribution is 6.01. The van der Waals surface area contributed by atoms with Crippen LogP contribution in [0.25, 0.3) is 0 Å². The molecule has 5 heteroatoms. The molecule has 1 fully saturated rings. The first kappa shape index (κ1) is 12.7. The van der Waals surface area contributed by atoms with Crippen molar-refractivity contribution in [2.75, 3.05) is 6.54 Å². The summed E-state index contributed by atoms with van der Waals surface area (Å²) < 4.78 is 0. The summed E-state index contributed by atoms with van der Waals surface area (Å²) in [6.07, 6.45) is 2.56. The first-order valence-electron chi connectivity index (χ1n) is 6.83. The number of nitrogens with zero attached hydrogens (tertiary/aromatic N) is 2. The Morgan fingerprint density at radius 1 is 1.30 bits per heavy atom. The molecule has 0 spiro atoms. The van der Waals surface area contributed by atoms with Crippen molar-refractivity contribution < 1.29 is 9.59 Å². The predicted molar refractivity (Wildman–Crippen MR) is 71.7 cm³/mol. The number of carbonyl (C=O) groups excluding carboxylic acids is 2. The van der Waals surface area contributed by atoms with Gasteiger partial charge in [0.2, 0.25) is 5.91 Å². The SMILES string of the molecule is N#Cc1cccc2c1CN([C@H]1CCCCNC1=O)C2=O. The summed E-state index contributed by atoms with van der Waals surface area (Å²) >= 11 is 0. The number of amides is 2. The van der Waals surface area contributed by atoms with Crippen molar-refractivity contribution in [2.24, 2.45) is 0 Å². The van der Waals surface area contributed by atoms with Crippen LogP contribution >= 0.6 is 0 Å². The maximum absolute atomic E-state index is 12.5. The highest BCUT2D eigenvalue weighted by Gasteiger charge is 2.37. The molecule has 102 valence electrons. The maximum atomic E-state index is 12.5. The van der Waals surface area contributed by atoms with E-state index in [1.165, 1.54) is 0 Å². The lowest BCUT2D eigenvalue weighted by Crippen LogP contribution is -2.45. The van der Waals surface area contributed by atoms with Crippen molar-refractivity contribution >= 4 is 11.8 Å². The smallest absolute Gasteiger partial charge is 0.255 e. The van der Waals surface area contributed by atoms with Crippen molar-refractivity contribution in [3.05, 3.63) is 34.9 Å². The Bertz CT molecular complexity index is 618. The highest BCUT2D eigenvalue weighted by atomic mass is 16.2. The Labute approximate surface area is 117 Å². The Morgan fingerprint density at radius 2 is 2.15 bits per heavy atom. The van der Waals surface area contributed by atoms with E-state index in [1.807, 2.05) is 0 Å². The molecule has 5 nitrogen and oxygen atoms in total. The number of benzene rings is 1. The molecule has 2 amide bonds. The van der Waals surface area contributed by atoms with E-state index in [0.717, 1.165) is 18.4 Å². The topological polar surface area (TPSA) is 73.2 Å². The number of hydrogen-bond donors (Lipinski definition) is 1. The lowest BCUT2D eigenvalue weighted by molar-refractivity contribution is -0.125. The first-order valence-corrected chi connectivity index (χ1v) is 6.83. The lowest BCUT2D eigenvalue weighted by Gasteiger charge is -2.25. The summed E-state index contributed by atoms with van der Waals surface area (Å²) in [5.74, 6) is -0.221. The summed E-state index contributed by atoms with van der Waals surface area (Å²) in [5.41, 5.74) is 1.82. The standard InChI is InChI=1S/C15H15N3O2/c16-8-10-4-3-5-11-12(10)9-18(15(11)20)13-6-1-2-7-17-14(13)19/h3-5,13H,1-2,6-7,9H2,(H,17,19)/t13-/m0/s1. The molecule has 2 aliphatic rings. The van der Waals surface area contributed by atoms with E-state index >= 15 is 0 Å². The van der Waals surface area contributed by atoms with Crippen molar-refractivity contribution in [2.45, 2.75) is 31.8 Å². The second-order valence-corrected chi connectivity index (χ2v) is 5.18. The van der Waals surface area contributed by atoms with Crippen LogP contribution in [-0.2, 0) is 11.3 Å². The molecule has 1 atom stereocenters. The van der Waals surface area contributed by atoms with Gasteiger partial charge in [0, 0.05) is 24.2 Å². The van der Waals surface area contributed by atoms with Crippen LogP contribution in [0.1, 0.15) is 40.7 Å². The molecule has 20 heavy (non-hydrogen) atoms. The molecule has 0 aliphatic carbocycles. The minimum absolute atomic E-state index is 0.0813. The van der Waals surface area contributed by atoms with Gasteiger partial charge in [-0.05, 0) is 31.4 Å². The molecule has 0 bridgehead atoms. The zero-order valence-electron chi connectivity index (χ0n) is 11.1. The van der Waals surface area contributed by atoms with Gasteiger partial charge in [0.05, 0.1) is 11.6 Å². The minimum Gasteiger partial charge on any atom is -0.354 e. The average molecular weight is 269 g/mol. The fourth-order valence-electron chi connectivity index (χ4n) is 2.93. The van der Waals surface area contributed by atoms with Crippen LogP contribution in [0.2, 0.25) is 0 Å². The summed E-state index contributed by atoms with van der Waals surface area (Å²) in [6.45, 7) is 1.03. The highest BCUT2D eigenvalue weighted by Crippen LogP contribution is 2.29. The monoisotopic (exact) mass is 269 g/mol. The summed E-state index contributed by atoms with van der Waals surface area (Å²) in [5, 5.41) is 12.0. The summed E-state index contributed by atoms with van der Waals surface area (Å²) in [4.78, 5) is 26.1. The number of nitrogens with one attached hydrogen (secondary N) is 1. The zero-order chi connectivity index (χ0) is 14.1. The van der Waals surface area contributed by atoms with Gasteiger partial charge in [-0.15, -0.1) is 0 Å². The van der Waals surface area contributed by atoms with Gasteiger partial charge in [0.15, 0.2) is 0 Å². The largest absolute Gasteiger partial charge is 0.354 e. The van der Waals surface area contributed by atoms with Crippen LogP contribution in [0.5, 0.6) is 0 Å². The molecule has 1 aromatic carbocycles. The van der Waals surface area contributed by atoms with Gasteiger partial charge >= 0.3 is 0 Å². The third-order valence-electron chi connectivity index (χ3n) is 4.00. The Balaban J connectivity index is 1.93. The molecule has 2 aliphatic heterocycles. The van der Waals surface area contributed by atoms with Gasteiger partial charge in [-0.1, -0.05) is 6.07 Å². The number of fused-ring (bicyclic) bond motifs is 1. The second-order valence-electron chi connectivity index (χ2n) is 5.18. The quantitative estimate of drug-likeness (QED) is 0.832. The van der Waals surface area contributed by atoms with E-state index in [0.29, 0.717) is 30.6 Å². The van der Waals surface area contributed by atoms with Crippen LogP contribution in [0.3, 0.4) is 0 Å². The fourth-order valence-corrected chi connectivity index (χ4v) is 2.93. The Hall–Kier alpha value is -2.35. The van der Waals surface area contributed by atoms with Gasteiger partial charge in [-0.25, -0.2) is 0 Å². The normalized spacial score (nSPS) is 21.9.